The van der Waals surface area contributed by atoms with E-state index in [0.29, 0.717) is 0 Å². The molecule has 0 aromatic heterocycles. The van der Waals surface area contributed by atoms with Crippen molar-refractivity contribution in [2.45, 2.75) is 44.3 Å². The lowest BCUT2D eigenvalue weighted by molar-refractivity contribution is -0.188. The summed E-state index contributed by atoms with van der Waals surface area (Å²) in [5.41, 5.74) is 4.79. The fourth-order valence-electron chi connectivity index (χ4n) is 5.37. The maximum Gasteiger partial charge on any atom is 0.129 e. The number of methoxy groups -OCH3 is 2. The minimum atomic E-state index is -0.215. The Morgan fingerprint density at radius 2 is 1.82 bits per heavy atom. The number of benzene rings is 2. The standard InChI is InChI=1S/C24H25BrO3/c1-23-10-4-5-19-18-13-17(26-2)14-20(27-3)21(18)22(28-24(19,23)12-11-23)15-6-8-16(25)9-7-15/h5-9,13-14,22H,4,10-12H2,1-3H3/t22-,23+,24-/m1/s1. The van der Waals surface area contributed by atoms with Crippen molar-refractivity contribution in [3.8, 4) is 11.5 Å². The van der Waals surface area contributed by atoms with Crippen molar-refractivity contribution in [2.24, 2.45) is 5.41 Å². The molecule has 3 atom stereocenters. The van der Waals surface area contributed by atoms with Crippen LogP contribution < -0.4 is 9.47 Å². The van der Waals surface area contributed by atoms with E-state index in [2.05, 4.69) is 59.3 Å². The Labute approximate surface area is 174 Å². The lowest BCUT2D eigenvalue weighted by Gasteiger charge is -2.63. The number of fused-ring (bicyclic) bond motifs is 2. The van der Waals surface area contributed by atoms with E-state index in [1.54, 1.807) is 14.2 Å². The summed E-state index contributed by atoms with van der Waals surface area (Å²) in [7, 11) is 3.44. The van der Waals surface area contributed by atoms with Crippen molar-refractivity contribution in [1.29, 1.82) is 0 Å². The fourth-order valence-corrected chi connectivity index (χ4v) is 5.64. The third kappa shape index (κ3) is 2.37. The summed E-state index contributed by atoms with van der Waals surface area (Å²) in [5, 5.41) is 0. The zero-order chi connectivity index (χ0) is 19.5. The molecule has 2 aromatic rings. The molecule has 2 aromatic carbocycles. The topological polar surface area (TPSA) is 27.7 Å². The summed E-state index contributed by atoms with van der Waals surface area (Å²) in [4.78, 5) is 0. The molecule has 0 N–H and O–H groups in total. The first-order valence-electron chi connectivity index (χ1n) is 9.91. The van der Waals surface area contributed by atoms with Gasteiger partial charge < -0.3 is 14.2 Å². The molecular weight excluding hydrogens is 416 g/mol. The Kier molecular flexibility index (Phi) is 4.15. The van der Waals surface area contributed by atoms with Crippen LogP contribution in [0, 0.1) is 5.41 Å². The van der Waals surface area contributed by atoms with E-state index in [-0.39, 0.29) is 17.1 Å². The summed E-state index contributed by atoms with van der Waals surface area (Å²) >= 11 is 3.55. The molecule has 5 rings (SSSR count). The minimum Gasteiger partial charge on any atom is -0.497 e. The van der Waals surface area contributed by atoms with Gasteiger partial charge in [0.2, 0.25) is 0 Å². The van der Waals surface area contributed by atoms with Crippen LogP contribution >= 0.6 is 15.9 Å². The minimum absolute atomic E-state index is 0.154. The number of hydrogen-bond donors (Lipinski definition) is 0. The second-order valence-corrected chi connectivity index (χ2v) is 9.30. The van der Waals surface area contributed by atoms with Gasteiger partial charge in [0.25, 0.3) is 0 Å². The normalized spacial score (nSPS) is 30.3. The van der Waals surface area contributed by atoms with Gasteiger partial charge in [-0.2, -0.15) is 0 Å². The largest absolute Gasteiger partial charge is 0.497 e. The second-order valence-electron chi connectivity index (χ2n) is 8.38. The predicted molar refractivity (Wildman–Crippen MR) is 114 cm³/mol. The molecule has 0 amide bonds. The zero-order valence-corrected chi connectivity index (χ0v) is 18.1. The summed E-state index contributed by atoms with van der Waals surface area (Å²) in [6, 6.07) is 12.6. The number of allylic oxidation sites excluding steroid dienone is 1. The molecule has 0 unspecified atom stereocenters. The Morgan fingerprint density at radius 1 is 1.04 bits per heavy atom. The SMILES string of the molecule is COc1cc(OC)c2c(c1)C1=CCC[C@@]3(C)CC[C@@]13O[C@@H]2c1ccc(Br)cc1. The van der Waals surface area contributed by atoms with E-state index in [9.17, 15) is 0 Å². The van der Waals surface area contributed by atoms with Crippen LogP contribution in [0.3, 0.4) is 0 Å². The molecular formula is C24H25BrO3. The predicted octanol–water partition coefficient (Wildman–Crippen LogP) is 6.30. The Balaban J connectivity index is 1.78. The number of halogens is 1. The molecule has 1 spiro atoms. The van der Waals surface area contributed by atoms with Crippen molar-refractivity contribution in [2.75, 3.05) is 14.2 Å². The second kappa shape index (κ2) is 6.36. The monoisotopic (exact) mass is 440 g/mol. The average Bonchev–Trinajstić information content (AvgIpc) is 2.71. The maximum atomic E-state index is 7.04. The van der Waals surface area contributed by atoms with Crippen molar-refractivity contribution in [3.63, 3.8) is 0 Å². The van der Waals surface area contributed by atoms with Gasteiger partial charge in [0.1, 0.15) is 23.2 Å². The Bertz CT molecular complexity index is 965. The summed E-state index contributed by atoms with van der Waals surface area (Å²) in [5.74, 6) is 1.65. The van der Waals surface area contributed by atoms with Crippen LogP contribution in [0.25, 0.3) is 5.57 Å². The smallest absolute Gasteiger partial charge is 0.129 e. The molecule has 146 valence electrons. The van der Waals surface area contributed by atoms with Crippen LogP contribution in [0.2, 0.25) is 0 Å². The van der Waals surface area contributed by atoms with E-state index < -0.39 is 0 Å². The van der Waals surface area contributed by atoms with E-state index in [0.717, 1.165) is 39.9 Å². The van der Waals surface area contributed by atoms with Gasteiger partial charge in [-0.05, 0) is 60.6 Å². The first-order chi connectivity index (χ1) is 13.5. The van der Waals surface area contributed by atoms with Crippen LogP contribution in [0.5, 0.6) is 11.5 Å². The van der Waals surface area contributed by atoms with Crippen molar-refractivity contribution >= 4 is 21.5 Å². The highest BCUT2D eigenvalue weighted by molar-refractivity contribution is 9.10. The van der Waals surface area contributed by atoms with Crippen LogP contribution in [-0.2, 0) is 4.74 Å². The Hall–Kier alpha value is -1.78. The molecule has 0 bridgehead atoms. The summed E-state index contributed by atoms with van der Waals surface area (Å²) in [6.07, 6.45) is 6.79. The molecule has 2 aliphatic carbocycles. The lowest BCUT2D eigenvalue weighted by Crippen LogP contribution is -2.61. The van der Waals surface area contributed by atoms with Crippen molar-refractivity contribution in [1.82, 2.24) is 0 Å². The summed E-state index contributed by atoms with van der Waals surface area (Å²) in [6.45, 7) is 2.39. The molecule has 0 radical (unpaired) electrons. The van der Waals surface area contributed by atoms with Crippen LogP contribution in [0.15, 0.2) is 46.9 Å². The van der Waals surface area contributed by atoms with Crippen LogP contribution in [0.4, 0.5) is 0 Å². The van der Waals surface area contributed by atoms with E-state index >= 15 is 0 Å². The third-order valence-electron chi connectivity index (χ3n) is 7.10. The molecule has 1 saturated carbocycles. The maximum absolute atomic E-state index is 7.04. The van der Waals surface area contributed by atoms with Gasteiger partial charge in [-0.1, -0.05) is 41.1 Å². The number of rotatable bonds is 3. The van der Waals surface area contributed by atoms with Gasteiger partial charge in [-0.25, -0.2) is 0 Å². The van der Waals surface area contributed by atoms with Gasteiger partial charge in [0.15, 0.2) is 0 Å². The molecule has 3 nitrogen and oxygen atoms in total. The van der Waals surface area contributed by atoms with Gasteiger partial charge in [-0.3, -0.25) is 0 Å². The highest BCUT2D eigenvalue weighted by atomic mass is 79.9. The van der Waals surface area contributed by atoms with Crippen molar-refractivity contribution < 1.29 is 14.2 Å². The summed E-state index contributed by atoms with van der Waals surface area (Å²) < 4.78 is 19.5. The van der Waals surface area contributed by atoms with Gasteiger partial charge in [0, 0.05) is 21.5 Å². The fraction of sp³-hybridized carbons (Fsp3) is 0.417. The first kappa shape index (κ1) is 18.3. The average molecular weight is 441 g/mol. The van der Waals surface area contributed by atoms with Crippen LogP contribution in [0.1, 0.15) is 55.4 Å². The molecule has 1 fully saturated rings. The molecule has 3 aliphatic rings. The van der Waals surface area contributed by atoms with Crippen molar-refractivity contribution in [3.05, 3.63) is 63.6 Å². The van der Waals surface area contributed by atoms with Gasteiger partial charge >= 0.3 is 0 Å². The molecule has 28 heavy (non-hydrogen) atoms. The molecule has 1 aliphatic heterocycles. The lowest BCUT2D eigenvalue weighted by atomic mass is 9.49. The third-order valence-corrected chi connectivity index (χ3v) is 7.63. The van der Waals surface area contributed by atoms with E-state index in [4.69, 9.17) is 14.2 Å². The first-order valence-corrected chi connectivity index (χ1v) is 10.7. The molecule has 4 heteroatoms. The van der Waals surface area contributed by atoms with E-state index in [1.807, 2.05) is 6.07 Å². The molecule has 1 heterocycles. The number of ether oxygens (including phenoxy) is 3. The Morgan fingerprint density at radius 3 is 2.46 bits per heavy atom. The van der Waals surface area contributed by atoms with Gasteiger partial charge in [0.05, 0.1) is 14.2 Å². The van der Waals surface area contributed by atoms with Gasteiger partial charge in [-0.15, -0.1) is 0 Å². The zero-order valence-electron chi connectivity index (χ0n) is 16.5. The van der Waals surface area contributed by atoms with Crippen LogP contribution in [-0.4, -0.2) is 19.8 Å². The highest BCUT2D eigenvalue weighted by Gasteiger charge is 2.63. The quantitative estimate of drug-likeness (QED) is 0.559. The van der Waals surface area contributed by atoms with E-state index in [1.165, 1.54) is 24.0 Å². The number of hydrogen-bond acceptors (Lipinski definition) is 3. The highest BCUT2D eigenvalue weighted by Crippen LogP contribution is 2.68. The molecule has 0 saturated heterocycles.